The summed E-state index contributed by atoms with van der Waals surface area (Å²) < 4.78 is 15.2. The lowest BCUT2D eigenvalue weighted by molar-refractivity contribution is -0.127. The highest BCUT2D eigenvalue weighted by Crippen LogP contribution is 2.21. The molecule has 1 amide bonds. The Bertz CT molecular complexity index is 909. The van der Waals surface area contributed by atoms with Crippen LogP contribution in [-0.2, 0) is 11.3 Å². The number of benzene rings is 2. The van der Waals surface area contributed by atoms with E-state index in [1.807, 2.05) is 31.2 Å². The summed E-state index contributed by atoms with van der Waals surface area (Å²) in [5.74, 6) is -0.0115. The van der Waals surface area contributed by atoms with Crippen molar-refractivity contribution < 1.29 is 9.18 Å². The van der Waals surface area contributed by atoms with Gasteiger partial charge in [0.15, 0.2) is 5.16 Å². The molecule has 3 aromatic rings. The molecule has 0 saturated heterocycles. The molecule has 0 radical (unpaired) electrons. The first-order valence-electron chi connectivity index (χ1n) is 8.25. The molecule has 0 aliphatic rings. The van der Waals surface area contributed by atoms with Gasteiger partial charge in [-0.05, 0) is 36.2 Å². The Hall–Kier alpha value is -2.60. The molecule has 0 aliphatic heterocycles. The van der Waals surface area contributed by atoms with Crippen LogP contribution in [0.15, 0.2) is 66.1 Å². The third kappa shape index (κ3) is 4.32. The highest BCUT2D eigenvalue weighted by Gasteiger charge is 2.13. The predicted molar refractivity (Wildman–Crippen MR) is 102 cm³/mol. The van der Waals surface area contributed by atoms with Crippen LogP contribution in [0.3, 0.4) is 0 Å². The van der Waals surface area contributed by atoms with Gasteiger partial charge in [0.1, 0.15) is 5.82 Å². The Kier molecular flexibility index (Phi) is 5.73. The molecule has 0 N–H and O–H groups in total. The van der Waals surface area contributed by atoms with Crippen molar-refractivity contribution in [3.63, 3.8) is 0 Å². The topological polar surface area (TPSA) is 38.1 Å². The van der Waals surface area contributed by atoms with E-state index in [2.05, 4.69) is 4.98 Å². The van der Waals surface area contributed by atoms with Crippen LogP contribution in [0.1, 0.15) is 11.1 Å². The molecule has 134 valence electrons. The van der Waals surface area contributed by atoms with Crippen LogP contribution < -0.4 is 0 Å². The smallest absolute Gasteiger partial charge is 0.233 e. The van der Waals surface area contributed by atoms with E-state index in [0.717, 1.165) is 5.56 Å². The fraction of sp³-hybridized carbons (Fsp3) is 0.200. The summed E-state index contributed by atoms with van der Waals surface area (Å²) in [6.07, 6.45) is 3.41. The van der Waals surface area contributed by atoms with Gasteiger partial charge in [0.05, 0.1) is 11.4 Å². The summed E-state index contributed by atoms with van der Waals surface area (Å²) in [6, 6.07) is 14.3. The van der Waals surface area contributed by atoms with Crippen molar-refractivity contribution in [2.24, 2.45) is 0 Å². The summed E-state index contributed by atoms with van der Waals surface area (Å²) in [6.45, 7) is 2.61. The van der Waals surface area contributed by atoms with Crippen molar-refractivity contribution in [2.45, 2.75) is 18.6 Å². The van der Waals surface area contributed by atoms with E-state index >= 15 is 0 Å². The van der Waals surface area contributed by atoms with Crippen LogP contribution in [0.4, 0.5) is 4.39 Å². The molecule has 1 heterocycles. The van der Waals surface area contributed by atoms with E-state index in [9.17, 15) is 9.18 Å². The highest BCUT2D eigenvalue weighted by molar-refractivity contribution is 7.99. The number of aromatic nitrogens is 2. The average molecular weight is 369 g/mol. The number of halogens is 1. The zero-order chi connectivity index (χ0) is 18.5. The van der Waals surface area contributed by atoms with Crippen LogP contribution in [0.25, 0.3) is 5.69 Å². The van der Waals surface area contributed by atoms with E-state index in [0.29, 0.717) is 17.4 Å². The average Bonchev–Trinajstić information content (AvgIpc) is 3.10. The predicted octanol–water partition coefficient (Wildman–Crippen LogP) is 4.07. The molecule has 6 heteroatoms. The molecule has 4 nitrogen and oxygen atoms in total. The van der Waals surface area contributed by atoms with E-state index < -0.39 is 0 Å². The SMILES string of the molecule is Cc1ccccc1CN(C)C(=O)CSc1nccn1-c1cccc(F)c1. The summed E-state index contributed by atoms with van der Waals surface area (Å²) >= 11 is 1.34. The molecule has 0 atom stereocenters. The molecule has 0 spiro atoms. The Morgan fingerprint density at radius 3 is 2.81 bits per heavy atom. The summed E-state index contributed by atoms with van der Waals surface area (Å²) in [7, 11) is 1.80. The van der Waals surface area contributed by atoms with Crippen LogP contribution >= 0.6 is 11.8 Å². The molecule has 3 rings (SSSR count). The lowest BCUT2D eigenvalue weighted by Gasteiger charge is -2.18. The third-order valence-corrected chi connectivity index (χ3v) is 5.06. The number of hydrogen-bond acceptors (Lipinski definition) is 3. The third-order valence-electron chi connectivity index (χ3n) is 4.11. The van der Waals surface area contributed by atoms with Gasteiger partial charge in [0.25, 0.3) is 0 Å². The number of rotatable bonds is 6. The van der Waals surface area contributed by atoms with Crippen LogP contribution in [0, 0.1) is 12.7 Å². The standard InChI is InChI=1S/C20H20FN3OS/c1-15-6-3-4-7-16(15)13-23(2)19(25)14-26-20-22-10-11-24(20)18-9-5-8-17(21)12-18/h3-12H,13-14H2,1-2H3. The van der Waals surface area contributed by atoms with E-state index in [-0.39, 0.29) is 17.5 Å². The molecular formula is C20H20FN3OS. The zero-order valence-electron chi connectivity index (χ0n) is 14.7. The lowest BCUT2D eigenvalue weighted by atomic mass is 10.1. The normalized spacial score (nSPS) is 10.7. The Morgan fingerprint density at radius 1 is 1.23 bits per heavy atom. The lowest BCUT2D eigenvalue weighted by Crippen LogP contribution is -2.28. The number of imidazole rings is 1. The van der Waals surface area contributed by atoms with E-state index in [1.54, 1.807) is 41.0 Å². The van der Waals surface area contributed by atoms with Gasteiger partial charge in [-0.1, -0.05) is 42.1 Å². The summed E-state index contributed by atoms with van der Waals surface area (Å²) in [5, 5.41) is 0.660. The molecule has 0 fully saturated rings. The fourth-order valence-corrected chi connectivity index (χ4v) is 3.50. The molecule has 0 bridgehead atoms. The van der Waals surface area contributed by atoms with Gasteiger partial charge in [-0.2, -0.15) is 0 Å². The van der Waals surface area contributed by atoms with E-state index in [1.165, 1.54) is 29.5 Å². The second-order valence-corrected chi connectivity index (χ2v) is 6.97. The molecule has 2 aromatic carbocycles. The zero-order valence-corrected chi connectivity index (χ0v) is 15.5. The number of carbonyl (C=O) groups is 1. The monoisotopic (exact) mass is 369 g/mol. The number of aryl methyl sites for hydroxylation is 1. The fourth-order valence-electron chi connectivity index (χ4n) is 2.59. The van der Waals surface area contributed by atoms with Gasteiger partial charge in [-0.25, -0.2) is 9.37 Å². The van der Waals surface area contributed by atoms with Gasteiger partial charge < -0.3 is 4.90 Å². The maximum Gasteiger partial charge on any atom is 0.233 e. The molecule has 1 aromatic heterocycles. The first-order chi connectivity index (χ1) is 12.5. The quantitative estimate of drug-likeness (QED) is 0.615. The molecule has 0 aliphatic carbocycles. The largest absolute Gasteiger partial charge is 0.341 e. The summed E-state index contributed by atoms with van der Waals surface area (Å²) in [4.78, 5) is 18.5. The second-order valence-electron chi connectivity index (χ2n) is 6.02. The molecule has 0 saturated carbocycles. The molecule has 26 heavy (non-hydrogen) atoms. The minimum atomic E-state index is -0.304. The van der Waals surface area contributed by atoms with Crippen LogP contribution in [-0.4, -0.2) is 33.2 Å². The number of hydrogen-bond donors (Lipinski definition) is 0. The van der Waals surface area contributed by atoms with E-state index in [4.69, 9.17) is 0 Å². The van der Waals surface area contributed by atoms with Crippen molar-refractivity contribution in [2.75, 3.05) is 12.8 Å². The molecular weight excluding hydrogens is 349 g/mol. The van der Waals surface area contributed by atoms with Crippen molar-refractivity contribution in [3.05, 3.63) is 77.9 Å². The Balaban J connectivity index is 1.63. The summed E-state index contributed by atoms with van der Waals surface area (Å²) in [5.41, 5.74) is 2.99. The Labute approximate surface area is 156 Å². The first kappa shape index (κ1) is 18.2. The number of nitrogens with zero attached hydrogens (tertiary/aromatic N) is 3. The van der Waals surface area contributed by atoms with Crippen molar-refractivity contribution in [1.29, 1.82) is 0 Å². The number of amides is 1. The Morgan fingerprint density at radius 2 is 2.04 bits per heavy atom. The number of thioether (sulfide) groups is 1. The molecule has 0 unspecified atom stereocenters. The number of carbonyl (C=O) groups excluding carboxylic acids is 1. The maximum atomic E-state index is 13.4. The maximum absolute atomic E-state index is 13.4. The van der Waals surface area contributed by atoms with Crippen molar-refractivity contribution >= 4 is 17.7 Å². The van der Waals surface area contributed by atoms with Gasteiger partial charge in [-0.3, -0.25) is 9.36 Å². The minimum Gasteiger partial charge on any atom is -0.341 e. The second kappa shape index (κ2) is 8.19. The van der Waals surface area contributed by atoms with Crippen LogP contribution in [0.2, 0.25) is 0 Å². The van der Waals surface area contributed by atoms with Crippen LogP contribution in [0.5, 0.6) is 0 Å². The van der Waals surface area contributed by atoms with Gasteiger partial charge in [-0.15, -0.1) is 0 Å². The van der Waals surface area contributed by atoms with Gasteiger partial charge >= 0.3 is 0 Å². The highest BCUT2D eigenvalue weighted by atomic mass is 32.2. The van der Waals surface area contributed by atoms with Crippen molar-refractivity contribution in [1.82, 2.24) is 14.5 Å². The van der Waals surface area contributed by atoms with Gasteiger partial charge in [0, 0.05) is 26.0 Å². The minimum absolute atomic E-state index is 0.0204. The first-order valence-corrected chi connectivity index (χ1v) is 9.23. The van der Waals surface area contributed by atoms with Crippen molar-refractivity contribution in [3.8, 4) is 5.69 Å². The van der Waals surface area contributed by atoms with Gasteiger partial charge in [0.2, 0.25) is 5.91 Å².